The van der Waals surface area contributed by atoms with Gasteiger partial charge in [-0.3, -0.25) is 4.98 Å². The van der Waals surface area contributed by atoms with Crippen LogP contribution >= 0.6 is 0 Å². The number of ether oxygens (including phenoxy) is 1. The molecule has 28 heavy (non-hydrogen) atoms. The number of nitrogen functional groups attached to an aromatic ring is 1. The van der Waals surface area contributed by atoms with Gasteiger partial charge in [-0.15, -0.1) is 0 Å². The Kier molecular flexibility index (Phi) is 5.21. The topological polar surface area (TPSA) is 87.0 Å². The van der Waals surface area contributed by atoms with E-state index in [4.69, 9.17) is 16.2 Å². The van der Waals surface area contributed by atoms with Crippen LogP contribution in [0.5, 0.6) is 5.75 Å². The quantitative estimate of drug-likeness (QED) is 0.711. The van der Waals surface area contributed by atoms with Gasteiger partial charge < -0.3 is 16.2 Å². The Morgan fingerprint density at radius 2 is 1.71 bits per heavy atom. The smallest absolute Gasteiger partial charge is 0.141 e. The highest BCUT2D eigenvalue weighted by Crippen LogP contribution is 2.34. The number of nitrogens with two attached hydrogens (primary N) is 2. The fraction of sp³-hybridized carbons (Fsp3) is 0.273. The van der Waals surface area contributed by atoms with Crippen LogP contribution in [0.1, 0.15) is 25.7 Å². The second kappa shape index (κ2) is 7.94. The van der Waals surface area contributed by atoms with Crippen molar-refractivity contribution in [1.82, 2.24) is 9.97 Å². The van der Waals surface area contributed by atoms with Crippen LogP contribution in [0.25, 0.3) is 22.4 Å². The Morgan fingerprint density at radius 1 is 0.929 bits per heavy atom. The molecule has 0 radical (unpaired) electrons. The summed E-state index contributed by atoms with van der Waals surface area (Å²) in [6.45, 7) is 0. The molecule has 0 aliphatic heterocycles. The molecule has 4 N–H and O–H groups in total. The van der Waals surface area contributed by atoms with Gasteiger partial charge >= 0.3 is 0 Å². The second-order valence-electron chi connectivity index (χ2n) is 7.17. The van der Waals surface area contributed by atoms with Crippen molar-refractivity contribution in [1.29, 1.82) is 0 Å². The minimum atomic E-state index is -0.366. The Bertz CT molecular complexity index is 953. The largest absolute Gasteiger partial charge is 0.490 e. The molecule has 1 aliphatic carbocycles. The predicted octanol–water partition coefficient (Wildman–Crippen LogP) is 4.18. The summed E-state index contributed by atoms with van der Waals surface area (Å²) in [5, 5.41) is 0. The SMILES string of the molecule is Nc1cnc(-c2ccc(-c3ccccc3OC3CCC(N)CC3)cc2F)cn1. The third-order valence-electron chi connectivity index (χ3n) is 5.13. The van der Waals surface area contributed by atoms with Crippen LogP contribution in [-0.2, 0) is 0 Å². The van der Waals surface area contributed by atoms with Gasteiger partial charge in [0.1, 0.15) is 17.4 Å². The van der Waals surface area contributed by atoms with Gasteiger partial charge in [-0.05, 0) is 49.4 Å². The summed E-state index contributed by atoms with van der Waals surface area (Å²) in [4.78, 5) is 8.13. The monoisotopic (exact) mass is 378 g/mol. The van der Waals surface area contributed by atoms with Gasteiger partial charge in [0.2, 0.25) is 0 Å². The predicted molar refractivity (Wildman–Crippen MR) is 108 cm³/mol. The summed E-state index contributed by atoms with van der Waals surface area (Å²) in [6, 6.07) is 13.1. The van der Waals surface area contributed by atoms with E-state index in [1.165, 1.54) is 18.5 Å². The molecule has 0 saturated heterocycles. The summed E-state index contributed by atoms with van der Waals surface area (Å²) >= 11 is 0. The Hall–Kier alpha value is -2.99. The zero-order valence-electron chi connectivity index (χ0n) is 15.5. The third kappa shape index (κ3) is 3.97. The highest BCUT2D eigenvalue weighted by atomic mass is 19.1. The number of hydrogen-bond donors (Lipinski definition) is 2. The van der Waals surface area contributed by atoms with Gasteiger partial charge in [0.25, 0.3) is 0 Å². The van der Waals surface area contributed by atoms with Crippen molar-refractivity contribution in [3.8, 4) is 28.1 Å². The standard InChI is InChI=1S/C22H23FN4O/c23-19-11-14(5-10-18(19)20-12-27-22(25)13-26-20)17-3-1-2-4-21(17)28-16-8-6-15(24)7-9-16/h1-5,10-13,15-16H,6-9,24H2,(H2,25,27). The van der Waals surface area contributed by atoms with Crippen LogP contribution in [0.15, 0.2) is 54.9 Å². The maximum Gasteiger partial charge on any atom is 0.141 e. The molecule has 6 heteroatoms. The lowest BCUT2D eigenvalue weighted by molar-refractivity contribution is 0.148. The van der Waals surface area contributed by atoms with Crippen LogP contribution in [0, 0.1) is 5.82 Å². The molecule has 1 heterocycles. The van der Waals surface area contributed by atoms with E-state index in [0.29, 0.717) is 17.1 Å². The summed E-state index contributed by atoms with van der Waals surface area (Å²) in [5.74, 6) is 0.702. The zero-order chi connectivity index (χ0) is 19.5. The third-order valence-corrected chi connectivity index (χ3v) is 5.13. The first kappa shape index (κ1) is 18.4. The van der Waals surface area contributed by atoms with E-state index in [-0.39, 0.29) is 18.0 Å². The second-order valence-corrected chi connectivity index (χ2v) is 7.17. The maximum atomic E-state index is 14.8. The molecular weight excluding hydrogens is 355 g/mol. The summed E-state index contributed by atoms with van der Waals surface area (Å²) in [7, 11) is 0. The number of rotatable bonds is 4. The van der Waals surface area contributed by atoms with Crippen LogP contribution in [-0.4, -0.2) is 22.1 Å². The first-order chi connectivity index (χ1) is 13.6. The molecule has 3 aromatic rings. The molecule has 5 nitrogen and oxygen atoms in total. The molecule has 0 spiro atoms. The number of anilines is 1. The van der Waals surface area contributed by atoms with Crippen molar-refractivity contribution in [2.24, 2.45) is 5.73 Å². The first-order valence-corrected chi connectivity index (χ1v) is 9.49. The van der Waals surface area contributed by atoms with Gasteiger partial charge in [-0.2, -0.15) is 0 Å². The molecule has 1 fully saturated rings. The zero-order valence-corrected chi connectivity index (χ0v) is 15.5. The molecule has 2 aromatic carbocycles. The van der Waals surface area contributed by atoms with Gasteiger partial charge in [0, 0.05) is 17.2 Å². The molecule has 1 aromatic heterocycles. The van der Waals surface area contributed by atoms with Crippen molar-refractivity contribution in [3.63, 3.8) is 0 Å². The van der Waals surface area contributed by atoms with Crippen molar-refractivity contribution >= 4 is 5.82 Å². The van der Waals surface area contributed by atoms with E-state index in [9.17, 15) is 4.39 Å². The number of hydrogen-bond acceptors (Lipinski definition) is 5. The first-order valence-electron chi connectivity index (χ1n) is 9.49. The maximum absolute atomic E-state index is 14.8. The molecule has 0 amide bonds. The molecule has 0 atom stereocenters. The average molecular weight is 378 g/mol. The number of aromatic nitrogens is 2. The van der Waals surface area contributed by atoms with E-state index in [1.54, 1.807) is 6.07 Å². The number of benzene rings is 2. The average Bonchev–Trinajstić information content (AvgIpc) is 2.71. The van der Waals surface area contributed by atoms with E-state index in [2.05, 4.69) is 9.97 Å². The van der Waals surface area contributed by atoms with Crippen molar-refractivity contribution < 1.29 is 9.13 Å². The highest BCUT2D eigenvalue weighted by Gasteiger charge is 2.21. The normalized spacial score (nSPS) is 19.4. The molecule has 0 unspecified atom stereocenters. The van der Waals surface area contributed by atoms with Crippen LogP contribution in [0.4, 0.5) is 10.2 Å². The number of para-hydroxylation sites is 1. The van der Waals surface area contributed by atoms with Gasteiger partial charge in [-0.25, -0.2) is 9.37 Å². The molecule has 4 rings (SSSR count). The van der Waals surface area contributed by atoms with E-state index in [0.717, 1.165) is 42.6 Å². The Morgan fingerprint density at radius 3 is 2.43 bits per heavy atom. The van der Waals surface area contributed by atoms with Crippen LogP contribution in [0.2, 0.25) is 0 Å². The van der Waals surface area contributed by atoms with Gasteiger partial charge in [-0.1, -0.05) is 24.3 Å². The Balaban J connectivity index is 1.61. The lowest BCUT2D eigenvalue weighted by Gasteiger charge is -2.27. The van der Waals surface area contributed by atoms with Crippen LogP contribution in [0.3, 0.4) is 0 Å². The lowest BCUT2D eigenvalue weighted by Crippen LogP contribution is -2.31. The van der Waals surface area contributed by atoms with E-state index in [1.807, 2.05) is 30.3 Å². The van der Waals surface area contributed by atoms with E-state index >= 15 is 0 Å². The highest BCUT2D eigenvalue weighted by molar-refractivity contribution is 5.73. The van der Waals surface area contributed by atoms with Crippen LogP contribution < -0.4 is 16.2 Å². The number of halogens is 1. The van der Waals surface area contributed by atoms with Crippen molar-refractivity contribution in [2.75, 3.05) is 5.73 Å². The fourth-order valence-corrected chi connectivity index (χ4v) is 3.56. The summed E-state index contributed by atoms with van der Waals surface area (Å²) in [5.41, 5.74) is 14.0. The molecule has 144 valence electrons. The molecule has 0 bridgehead atoms. The Labute approximate surface area is 163 Å². The van der Waals surface area contributed by atoms with Gasteiger partial charge in [0.05, 0.1) is 24.2 Å². The summed E-state index contributed by atoms with van der Waals surface area (Å²) < 4.78 is 21.0. The number of nitrogens with zero attached hydrogens (tertiary/aromatic N) is 2. The van der Waals surface area contributed by atoms with E-state index < -0.39 is 0 Å². The fourth-order valence-electron chi connectivity index (χ4n) is 3.56. The summed E-state index contributed by atoms with van der Waals surface area (Å²) in [6.07, 6.45) is 6.87. The lowest BCUT2D eigenvalue weighted by atomic mass is 9.93. The minimum Gasteiger partial charge on any atom is -0.490 e. The van der Waals surface area contributed by atoms with Crippen molar-refractivity contribution in [2.45, 2.75) is 37.8 Å². The molecule has 1 aliphatic rings. The van der Waals surface area contributed by atoms with Gasteiger partial charge in [0.15, 0.2) is 0 Å². The minimum absolute atomic E-state index is 0.148. The van der Waals surface area contributed by atoms with Crippen molar-refractivity contribution in [3.05, 3.63) is 60.7 Å². The molecule has 1 saturated carbocycles. The molecular formula is C22H23FN4O.